The van der Waals surface area contributed by atoms with Crippen molar-refractivity contribution in [3.8, 4) is 5.75 Å². The normalized spacial score (nSPS) is 14.8. The topological polar surface area (TPSA) is 111 Å². The first-order chi connectivity index (χ1) is 12.5. The van der Waals surface area contributed by atoms with E-state index in [2.05, 4.69) is 16.8 Å². The van der Waals surface area contributed by atoms with Crippen LogP contribution in [0.25, 0.3) is 0 Å². The Morgan fingerprint density at radius 2 is 2.00 bits per heavy atom. The van der Waals surface area contributed by atoms with Gasteiger partial charge >= 0.3 is 0 Å². The lowest BCUT2D eigenvalue weighted by Gasteiger charge is -2.13. The molecular formula is C18H13N4O4-. The van der Waals surface area contributed by atoms with E-state index < -0.39 is 10.7 Å². The van der Waals surface area contributed by atoms with Crippen LogP contribution >= 0.6 is 0 Å². The summed E-state index contributed by atoms with van der Waals surface area (Å²) in [4.78, 5) is 24.2. The number of non-ortho nitro benzene ring substituents is 1. The molecule has 0 saturated heterocycles. The number of anilines is 1. The molecule has 1 amide bonds. The Kier molecular flexibility index (Phi) is 4.57. The minimum atomic E-state index is -0.605. The number of hydrogen-bond acceptors (Lipinski definition) is 6. The van der Waals surface area contributed by atoms with Crippen LogP contribution in [0.15, 0.2) is 65.3 Å². The van der Waals surface area contributed by atoms with E-state index >= 15 is 0 Å². The van der Waals surface area contributed by atoms with Gasteiger partial charge in [0.1, 0.15) is 0 Å². The molecule has 1 aliphatic heterocycles. The van der Waals surface area contributed by atoms with E-state index in [0.717, 1.165) is 24.4 Å². The largest absolute Gasteiger partial charge is 0.872 e. The second-order valence-corrected chi connectivity index (χ2v) is 5.39. The van der Waals surface area contributed by atoms with Crippen molar-refractivity contribution in [3.05, 3.63) is 76.4 Å². The summed E-state index contributed by atoms with van der Waals surface area (Å²) in [6.45, 7) is 3.96. The molecule has 0 radical (unpaired) electrons. The third-order valence-electron chi connectivity index (χ3n) is 3.77. The lowest BCUT2D eigenvalue weighted by molar-refractivity contribution is -0.385. The molecule has 0 fully saturated rings. The van der Waals surface area contributed by atoms with Crippen LogP contribution in [0.4, 0.5) is 11.4 Å². The highest BCUT2D eigenvalue weighted by Crippen LogP contribution is 2.29. The molecular weight excluding hydrogens is 336 g/mol. The van der Waals surface area contributed by atoms with Crippen LogP contribution in [0.5, 0.6) is 5.75 Å². The Bertz CT molecular complexity index is 965. The average Bonchev–Trinajstić information content (AvgIpc) is 2.89. The van der Waals surface area contributed by atoms with Gasteiger partial charge in [-0.2, -0.15) is 5.10 Å². The molecule has 0 aliphatic carbocycles. The van der Waals surface area contributed by atoms with E-state index in [1.54, 1.807) is 30.3 Å². The van der Waals surface area contributed by atoms with Crippen molar-refractivity contribution in [2.24, 2.45) is 10.2 Å². The third-order valence-corrected chi connectivity index (χ3v) is 3.77. The Morgan fingerprint density at radius 3 is 2.73 bits per heavy atom. The van der Waals surface area contributed by atoms with E-state index in [0.29, 0.717) is 17.8 Å². The molecule has 8 heteroatoms. The number of hydrogen-bond donors (Lipinski definition) is 0. The predicted octanol–water partition coefficient (Wildman–Crippen LogP) is 2.02. The van der Waals surface area contributed by atoms with Crippen molar-refractivity contribution in [1.82, 2.24) is 0 Å². The van der Waals surface area contributed by atoms with Gasteiger partial charge in [-0.3, -0.25) is 14.9 Å². The van der Waals surface area contributed by atoms with Gasteiger partial charge in [0.05, 0.1) is 16.8 Å². The van der Waals surface area contributed by atoms with Crippen molar-refractivity contribution in [1.29, 1.82) is 0 Å². The zero-order valence-corrected chi connectivity index (χ0v) is 13.5. The fourth-order valence-electron chi connectivity index (χ4n) is 2.57. The Labute approximate surface area is 148 Å². The maximum Gasteiger partial charge on any atom is 0.279 e. The summed E-state index contributed by atoms with van der Waals surface area (Å²) < 4.78 is 0. The summed E-state index contributed by atoms with van der Waals surface area (Å²) >= 11 is 0. The van der Waals surface area contributed by atoms with Gasteiger partial charge < -0.3 is 10.0 Å². The van der Waals surface area contributed by atoms with Crippen molar-refractivity contribution in [3.63, 3.8) is 0 Å². The molecule has 1 heterocycles. The van der Waals surface area contributed by atoms with Crippen LogP contribution in [0, 0.1) is 10.1 Å². The molecule has 1 aliphatic rings. The van der Waals surface area contributed by atoms with Crippen molar-refractivity contribution in [2.75, 3.05) is 11.4 Å². The van der Waals surface area contributed by atoms with Crippen molar-refractivity contribution < 1.29 is 14.8 Å². The lowest BCUT2D eigenvalue weighted by Crippen LogP contribution is -2.30. The van der Waals surface area contributed by atoms with E-state index in [1.165, 1.54) is 4.90 Å². The molecule has 26 heavy (non-hydrogen) atoms. The maximum atomic E-state index is 12.5. The molecule has 130 valence electrons. The highest BCUT2D eigenvalue weighted by atomic mass is 16.6. The highest BCUT2D eigenvalue weighted by molar-refractivity contribution is 6.54. The lowest BCUT2D eigenvalue weighted by atomic mass is 10.1. The summed E-state index contributed by atoms with van der Waals surface area (Å²) in [6, 6.07) is 10.4. The molecule has 0 atom stereocenters. The first-order valence-corrected chi connectivity index (χ1v) is 7.61. The molecule has 3 rings (SSSR count). The number of nitro benzene ring substituents is 1. The summed E-state index contributed by atoms with van der Waals surface area (Å²) in [6.07, 6.45) is 2.71. The molecule has 2 aromatic carbocycles. The van der Waals surface area contributed by atoms with Crippen LogP contribution in [0.1, 0.15) is 11.1 Å². The molecule has 0 spiro atoms. The number of rotatable bonds is 5. The molecule has 8 nitrogen and oxygen atoms in total. The fraction of sp³-hybridized carbons (Fsp3) is 0.0556. The van der Waals surface area contributed by atoms with E-state index in [4.69, 9.17) is 0 Å². The number of nitro groups is 1. The molecule has 2 aromatic rings. The molecule has 0 aromatic heterocycles. The van der Waals surface area contributed by atoms with Gasteiger partial charge in [0, 0.05) is 24.2 Å². The summed E-state index contributed by atoms with van der Waals surface area (Å²) in [5.41, 5.74) is 1.25. The molecule has 0 unspecified atom stereocenters. The van der Waals surface area contributed by atoms with Crippen LogP contribution < -0.4 is 10.0 Å². The van der Waals surface area contributed by atoms with Gasteiger partial charge in [-0.05, 0) is 11.6 Å². The van der Waals surface area contributed by atoms with Crippen molar-refractivity contribution in [2.45, 2.75) is 0 Å². The highest BCUT2D eigenvalue weighted by Gasteiger charge is 2.32. The Morgan fingerprint density at radius 1 is 1.23 bits per heavy atom. The van der Waals surface area contributed by atoms with Gasteiger partial charge in [-0.1, -0.05) is 36.1 Å². The Balaban J connectivity index is 1.95. The average molecular weight is 349 g/mol. The first-order valence-electron chi connectivity index (χ1n) is 7.61. The Hall–Kier alpha value is -3.81. The molecule has 0 saturated carbocycles. The van der Waals surface area contributed by atoms with Crippen LogP contribution in [-0.4, -0.2) is 29.3 Å². The van der Waals surface area contributed by atoms with Crippen molar-refractivity contribution >= 4 is 29.2 Å². The number of nitrogens with zero attached hydrogens (tertiary/aromatic N) is 4. The zero-order valence-electron chi connectivity index (χ0n) is 13.5. The van der Waals surface area contributed by atoms with E-state index in [1.807, 2.05) is 0 Å². The summed E-state index contributed by atoms with van der Waals surface area (Å²) in [7, 11) is 0. The number of amides is 1. The van der Waals surface area contributed by atoms with Crippen LogP contribution in [0.2, 0.25) is 0 Å². The zero-order chi connectivity index (χ0) is 18.7. The first kappa shape index (κ1) is 17.0. The van der Waals surface area contributed by atoms with E-state index in [9.17, 15) is 20.0 Å². The number of fused-ring (bicyclic) bond motifs is 1. The monoisotopic (exact) mass is 349 g/mol. The van der Waals surface area contributed by atoms with Gasteiger partial charge in [0.15, 0.2) is 5.71 Å². The second-order valence-electron chi connectivity index (χ2n) is 5.39. The van der Waals surface area contributed by atoms with Crippen LogP contribution in [0.3, 0.4) is 0 Å². The fourth-order valence-corrected chi connectivity index (χ4v) is 2.57. The van der Waals surface area contributed by atoms with Gasteiger partial charge in [-0.15, -0.1) is 11.7 Å². The number of benzene rings is 2. The molecule has 0 bridgehead atoms. The minimum Gasteiger partial charge on any atom is -0.872 e. The predicted molar refractivity (Wildman–Crippen MR) is 95.7 cm³/mol. The summed E-state index contributed by atoms with van der Waals surface area (Å²) in [5.74, 6) is -0.754. The number of carbonyl (C=O) groups is 1. The number of para-hydroxylation sites is 1. The van der Waals surface area contributed by atoms with Gasteiger partial charge in [0.2, 0.25) is 0 Å². The molecule has 0 N–H and O–H groups in total. The quantitative estimate of drug-likeness (QED) is 0.356. The number of carbonyl (C=O) groups excluding carboxylic acids is 1. The minimum absolute atomic E-state index is 0.0187. The van der Waals surface area contributed by atoms with Crippen LogP contribution in [-0.2, 0) is 4.79 Å². The van der Waals surface area contributed by atoms with Gasteiger partial charge in [0.25, 0.3) is 11.6 Å². The SMILES string of the molecule is C=CCN1C(=O)/C(=N/N=C\c2cc([N+](=O)[O-])ccc2[O-])c2ccccc21. The summed E-state index contributed by atoms with van der Waals surface area (Å²) in [5, 5.41) is 30.3. The third kappa shape index (κ3) is 3.07. The smallest absolute Gasteiger partial charge is 0.279 e. The van der Waals surface area contributed by atoms with E-state index in [-0.39, 0.29) is 22.9 Å². The second kappa shape index (κ2) is 6.98. The maximum absolute atomic E-state index is 12.5. The van der Waals surface area contributed by atoms with Gasteiger partial charge in [-0.25, -0.2) is 0 Å². The standard InChI is InChI=1S/C18H14N4O4/c1-2-9-21-15-6-4-3-5-14(15)17(18(21)24)20-19-11-12-10-13(22(25)26)7-8-16(12)23/h2-8,10-11,23H,1,9H2/p-1/b19-11-,20-17+.